The lowest BCUT2D eigenvalue weighted by molar-refractivity contribution is -0.111. The van der Waals surface area contributed by atoms with E-state index in [0.717, 1.165) is 29.4 Å². The molecule has 1 aromatic carbocycles. The van der Waals surface area contributed by atoms with Crippen LogP contribution in [0.25, 0.3) is 6.08 Å². The first-order valence-corrected chi connectivity index (χ1v) is 8.63. The predicted molar refractivity (Wildman–Crippen MR) is 100 cm³/mol. The first kappa shape index (κ1) is 18.7. The summed E-state index contributed by atoms with van der Waals surface area (Å²) in [6.45, 7) is 0.725. The van der Waals surface area contributed by atoms with Gasteiger partial charge in [-0.1, -0.05) is 15.9 Å². The van der Waals surface area contributed by atoms with Gasteiger partial charge in [-0.25, -0.2) is 0 Å². The third-order valence-corrected chi connectivity index (χ3v) is 3.93. The highest BCUT2D eigenvalue weighted by Gasteiger charge is 2.04. The van der Waals surface area contributed by atoms with E-state index in [1.165, 1.54) is 6.08 Å². The van der Waals surface area contributed by atoms with Gasteiger partial charge in [-0.15, -0.1) is 0 Å². The number of nitriles is 1. The van der Waals surface area contributed by atoms with E-state index >= 15 is 0 Å². The number of carbonyl (C=O) groups is 1. The minimum absolute atomic E-state index is 0.244. The number of hydrogen-bond acceptors (Lipinski definition) is 4. The lowest BCUT2D eigenvalue weighted by Gasteiger charge is -2.05. The molecule has 0 unspecified atom stereocenters. The molecule has 2 rings (SSSR count). The van der Waals surface area contributed by atoms with Crippen molar-refractivity contribution in [2.24, 2.45) is 0 Å². The second-order valence-electron chi connectivity index (χ2n) is 5.32. The van der Waals surface area contributed by atoms with Gasteiger partial charge < -0.3 is 10.1 Å². The fraction of sp³-hybridized carbons (Fsp3) is 0.278. The van der Waals surface area contributed by atoms with Gasteiger partial charge in [-0.05, 0) is 37.1 Å². The summed E-state index contributed by atoms with van der Waals surface area (Å²) in [6, 6.07) is 7.70. The Kier molecular flexibility index (Phi) is 7.23. The van der Waals surface area contributed by atoms with Gasteiger partial charge in [0.05, 0.1) is 25.1 Å². The van der Waals surface area contributed by atoms with E-state index in [2.05, 4.69) is 32.4 Å². The summed E-state index contributed by atoms with van der Waals surface area (Å²) >= 11 is 3.40. The van der Waals surface area contributed by atoms with Gasteiger partial charge >= 0.3 is 0 Å². The highest BCUT2D eigenvalue weighted by Crippen LogP contribution is 2.24. The number of halogens is 1. The van der Waals surface area contributed by atoms with Gasteiger partial charge in [0.1, 0.15) is 5.75 Å². The van der Waals surface area contributed by atoms with E-state index in [9.17, 15) is 4.79 Å². The van der Waals surface area contributed by atoms with Crippen molar-refractivity contribution in [3.8, 4) is 11.8 Å². The fourth-order valence-corrected chi connectivity index (χ4v) is 2.59. The third kappa shape index (κ3) is 6.08. The molecule has 0 saturated heterocycles. The number of ether oxygens (including phenoxy) is 1. The second-order valence-corrected chi connectivity index (χ2v) is 6.23. The maximum absolute atomic E-state index is 12.1. The summed E-state index contributed by atoms with van der Waals surface area (Å²) < 4.78 is 7.94. The van der Waals surface area contributed by atoms with Crippen LogP contribution in [0, 0.1) is 11.3 Å². The standard InChI is InChI=1S/C18H19BrN4O2/c1-25-17-7-6-15(19)11-14(17)5-8-18(24)22-16-12-21-23(13-16)10-4-2-3-9-20/h5-8,11-13H,2-4,10H2,1H3,(H,22,24). The highest BCUT2D eigenvalue weighted by atomic mass is 79.9. The zero-order valence-electron chi connectivity index (χ0n) is 13.9. The van der Waals surface area contributed by atoms with Crippen molar-refractivity contribution in [2.75, 3.05) is 12.4 Å². The van der Waals surface area contributed by atoms with Gasteiger partial charge in [0, 0.05) is 35.3 Å². The molecule has 0 spiro atoms. The summed E-state index contributed by atoms with van der Waals surface area (Å²) in [6.07, 6.45) is 8.81. The zero-order valence-corrected chi connectivity index (χ0v) is 15.5. The molecule has 25 heavy (non-hydrogen) atoms. The zero-order chi connectivity index (χ0) is 18.1. The van der Waals surface area contributed by atoms with Crippen LogP contribution in [0.4, 0.5) is 5.69 Å². The monoisotopic (exact) mass is 402 g/mol. The molecule has 0 radical (unpaired) electrons. The molecule has 7 heteroatoms. The Labute approximate surface area is 155 Å². The number of benzene rings is 1. The number of nitrogens with one attached hydrogen (secondary N) is 1. The Balaban J connectivity index is 1.91. The van der Waals surface area contributed by atoms with Gasteiger partial charge in [-0.2, -0.15) is 10.4 Å². The normalized spacial score (nSPS) is 10.6. The Morgan fingerprint density at radius 2 is 2.32 bits per heavy atom. The van der Waals surface area contributed by atoms with Gasteiger partial charge in [0.2, 0.25) is 5.91 Å². The summed E-state index contributed by atoms with van der Waals surface area (Å²) in [4.78, 5) is 12.1. The van der Waals surface area contributed by atoms with Crippen molar-refractivity contribution in [2.45, 2.75) is 25.8 Å². The van der Waals surface area contributed by atoms with Crippen LogP contribution in [0.3, 0.4) is 0 Å². The topological polar surface area (TPSA) is 79.9 Å². The average molecular weight is 403 g/mol. The Morgan fingerprint density at radius 1 is 1.48 bits per heavy atom. The number of anilines is 1. The smallest absolute Gasteiger partial charge is 0.248 e. The van der Waals surface area contributed by atoms with Gasteiger partial charge in [0.25, 0.3) is 0 Å². The molecule has 1 aromatic heterocycles. The molecular weight excluding hydrogens is 384 g/mol. The summed E-state index contributed by atoms with van der Waals surface area (Å²) in [5.41, 5.74) is 1.44. The summed E-state index contributed by atoms with van der Waals surface area (Å²) in [5, 5.41) is 15.5. The molecule has 0 bridgehead atoms. The van der Waals surface area contributed by atoms with E-state index in [1.807, 2.05) is 18.2 Å². The van der Waals surface area contributed by atoms with Gasteiger partial charge in [-0.3, -0.25) is 9.48 Å². The number of methoxy groups -OCH3 is 1. The van der Waals surface area contributed by atoms with Crippen molar-refractivity contribution in [3.63, 3.8) is 0 Å². The molecule has 2 aromatic rings. The van der Waals surface area contributed by atoms with Crippen LogP contribution in [-0.4, -0.2) is 22.8 Å². The minimum Gasteiger partial charge on any atom is -0.496 e. The van der Waals surface area contributed by atoms with Crippen molar-refractivity contribution < 1.29 is 9.53 Å². The molecule has 1 heterocycles. The maximum Gasteiger partial charge on any atom is 0.248 e. The predicted octanol–water partition coefficient (Wildman–Crippen LogP) is 4.00. The molecule has 1 amide bonds. The fourth-order valence-electron chi connectivity index (χ4n) is 2.21. The number of aryl methyl sites for hydroxylation is 1. The molecule has 0 fully saturated rings. The van der Waals surface area contributed by atoms with E-state index in [1.54, 1.807) is 30.3 Å². The van der Waals surface area contributed by atoms with Crippen molar-refractivity contribution in [1.29, 1.82) is 5.26 Å². The average Bonchev–Trinajstić information content (AvgIpc) is 3.04. The van der Waals surface area contributed by atoms with E-state index in [4.69, 9.17) is 10.00 Å². The Bertz CT molecular complexity index is 793. The SMILES string of the molecule is COc1ccc(Br)cc1C=CC(=O)Nc1cnn(CCCCC#N)c1. The lowest BCUT2D eigenvalue weighted by Crippen LogP contribution is -2.07. The summed E-state index contributed by atoms with van der Waals surface area (Å²) in [5.74, 6) is 0.448. The highest BCUT2D eigenvalue weighted by molar-refractivity contribution is 9.10. The van der Waals surface area contributed by atoms with Crippen LogP contribution in [-0.2, 0) is 11.3 Å². The van der Waals surface area contributed by atoms with E-state index < -0.39 is 0 Å². The molecule has 0 atom stereocenters. The van der Waals surface area contributed by atoms with Crippen LogP contribution < -0.4 is 10.1 Å². The first-order valence-electron chi connectivity index (χ1n) is 7.84. The van der Waals surface area contributed by atoms with Crippen molar-refractivity contribution in [1.82, 2.24) is 9.78 Å². The van der Waals surface area contributed by atoms with Crippen LogP contribution >= 0.6 is 15.9 Å². The maximum atomic E-state index is 12.1. The Hall–Kier alpha value is -2.59. The molecule has 0 aliphatic rings. The van der Waals surface area contributed by atoms with Crippen molar-refractivity contribution >= 4 is 33.6 Å². The van der Waals surface area contributed by atoms with Crippen LogP contribution in [0.5, 0.6) is 5.75 Å². The van der Waals surface area contributed by atoms with Gasteiger partial charge in [0.15, 0.2) is 0 Å². The van der Waals surface area contributed by atoms with Crippen LogP contribution in [0.15, 0.2) is 41.1 Å². The Morgan fingerprint density at radius 3 is 3.08 bits per heavy atom. The minimum atomic E-state index is -0.244. The number of aromatic nitrogens is 2. The number of amides is 1. The quantitative estimate of drug-likeness (QED) is 0.534. The molecule has 130 valence electrons. The largest absolute Gasteiger partial charge is 0.496 e. The molecular formula is C18H19BrN4O2. The molecule has 0 saturated carbocycles. The number of hydrogen-bond donors (Lipinski definition) is 1. The first-order chi connectivity index (χ1) is 12.1. The van der Waals surface area contributed by atoms with Crippen molar-refractivity contribution in [3.05, 3.63) is 46.7 Å². The molecule has 1 N–H and O–H groups in total. The number of unbranched alkanes of at least 4 members (excludes halogenated alkanes) is 2. The molecule has 6 nitrogen and oxygen atoms in total. The lowest BCUT2D eigenvalue weighted by atomic mass is 10.2. The number of rotatable bonds is 8. The number of carbonyl (C=O) groups excluding carboxylic acids is 1. The number of nitrogens with zero attached hydrogens (tertiary/aromatic N) is 3. The second kappa shape index (κ2) is 9.64. The van der Waals surface area contributed by atoms with Crippen LogP contribution in [0.1, 0.15) is 24.8 Å². The van der Waals surface area contributed by atoms with Crippen LogP contribution in [0.2, 0.25) is 0 Å². The van der Waals surface area contributed by atoms with E-state index in [0.29, 0.717) is 17.9 Å². The molecule has 0 aliphatic heterocycles. The molecule has 0 aliphatic carbocycles. The summed E-state index contributed by atoms with van der Waals surface area (Å²) in [7, 11) is 1.59. The third-order valence-electron chi connectivity index (χ3n) is 3.43. The van der Waals surface area contributed by atoms with E-state index in [-0.39, 0.29) is 5.91 Å².